The fourth-order valence-corrected chi connectivity index (χ4v) is 2.89. The van der Waals surface area contributed by atoms with E-state index in [1.54, 1.807) is 6.07 Å². The average Bonchev–Trinajstić information content (AvgIpc) is 2.91. The summed E-state index contributed by atoms with van der Waals surface area (Å²) in [5.74, 6) is 0. The van der Waals surface area contributed by atoms with Crippen LogP contribution < -0.4 is 0 Å². The fraction of sp³-hybridized carbons (Fsp3) is 0.263. The van der Waals surface area contributed by atoms with Gasteiger partial charge in [-0.25, -0.2) is 4.79 Å². The highest BCUT2D eigenvalue weighted by Crippen LogP contribution is 2.19. The van der Waals surface area contributed by atoms with Crippen molar-refractivity contribution in [2.24, 2.45) is 0 Å². The van der Waals surface area contributed by atoms with E-state index in [1.807, 2.05) is 40.1 Å². The van der Waals surface area contributed by atoms with Gasteiger partial charge in [-0.2, -0.15) is 5.26 Å². The second-order valence-corrected chi connectivity index (χ2v) is 5.82. The lowest BCUT2D eigenvalue weighted by Crippen LogP contribution is -2.31. The maximum Gasteiger partial charge on any atom is 0.320 e. The fourth-order valence-electron chi connectivity index (χ4n) is 2.89. The highest BCUT2D eigenvalue weighted by Gasteiger charge is 2.28. The Morgan fingerprint density at radius 1 is 0.957 bits per heavy atom. The van der Waals surface area contributed by atoms with E-state index in [2.05, 4.69) is 25.1 Å². The molecule has 0 radical (unpaired) electrons. The molecule has 4 nitrogen and oxygen atoms in total. The first-order chi connectivity index (χ1) is 11.2. The van der Waals surface area contributed by atoms with E-state index >= 15 is 0 Å². The zero-order valence-corrected chi connectivity index (χ0v) is 13.2. The van der Waals surface area contributed by atoms with Crippen molar-refractivity contribution in [2.45, 2.75) is 20.0 Å². The Morgan fingerprint density at radius 3 is 2.17 bits per heavy atom. The van der Waals surface area contributed by atoms with E-state index in [4.69, 9.17) is 0 Å². The maximum absolute atomic E-state index is 12.6. The van der Waals surface area contributed by atoms with Gasteiger partial charge in [0.25, 0.3) is 0 Å². The van der Waals surface area contributed by atoms with Crippen molar-refractivity contribution >= 4 is 6.03 Å². The Labute approximate surface area is 136 Å². The van der Waals surface area contributed by atoms with Crippen molar-refractivity contribution in [3.63, 3.8) is 0 Å². The van der Waals surface area contributed by atoms with Crippen LogP contribution in [0.3, 0.4) is 0 Å². The second kappa shape index (κ2) is 6.53. The molecule has 1 saturated heterocycles. The molecule has 23 heavy (non-hydrogen) atoms. The van der Waals surface area contributed by atoms with Gasteiger partial charge in [0, 0.05) is 26.2 Å². The van der Waals surface area contributed by atoms with Gasteiger partial charge in [-0.05, 0) is 29.7 Å². The summed E-state index contributed by atoms with van der Waals surface area (Å²) in [6.45, 7) is 4.62. The second-order valence-electron chi connectivity index (χ2n) is 5.82. The van der Waals surface area contributed by atoms with Crippen LogP contribution in [0.2, 0.25) is 0 Å². The van der Waals surface area contributed by atoms with Gasteiger partial charge in [-0.3, -0.25) is 0 Å². The SMILES string of the molecule is Cc1ccccc1CN1CCN(Cc2ccccc2C#N)C1=O. The minimum absolute atomic E-state index is 0.0426. The third kappa shape index (κ3) is 3.19. The number of aryl methyl sites for hydroxylation is 1. The summed E-state index contributed by atoms with van der Waals surface area (Å²) in [7, 11) is 0. The number of hydrogen-bond donors (Lipinski definition) is 0. The van der Waals surface area contributed by atoms with Crippen LogP contribution in [0, 0.1) is 18.3 Å². The maximum atomic E-state index is 12.6. The lowest BCUT2D eigenvalue weighted by Gasteiger charge is -2.20. The van der Waals surface area contributed by atoms with E-state index < -0.39 is 0 Å². The number of urea groups is 1. The van der Waals surface area contributed by atoms with Crippen molar-refractivity contribution in [3.8, 4) is 6.07 Å². The molecule has 2 aromatic rings. The normalized spacial score (nSPS) is 14.2. The summed E-state index contributed by atoms with van der Waals surface area (Å²) in [6.07, 6.45) is 0. The molecule has 0 bridgehead atoms. The Morgan fingerprint density at radius 2 is 1.52 bits per heavy atom. The van der Waals surface area contributed by atoms with Crippen LogP contribution in [0.15, 0.2) is 48.5 Å². The average molecular weight is 305 g/mol. The third-order valence-electron chi connectivity index (χ3n) is 4.30. The van der Waals surface area contributed by atoms with E-state index in [1.165, 1.54) is 11.1 Å². The van der Waals surface area contributed by atoms with Gasteiger partial charge in [0.2, 0.25) is 0 Å². The molecule has 0 N–H and O–H groups in total. The van der Waals surface area contributed by atoms with Gasteiger partial charge in [0.1, 0.15) is 0 Å². The molecule has 0 saturated carbocycles. The van der Waals surface area contributed by atoms with Crippen molar-refractivity contribution in [1.29, 1.82) is 5.26 Å². The number of carbonyl (C=O) groups excluding carboxylic acids is 1. The van der Waals surface area contributed by atoms with Crippen LogP contribution in [-0.4, -0.2) is 28.9 Å². The van der Waals surface area contributed by atoms with Crippen LogP contribution in [0.1, 0.15) is 22.3 Å². The number of nitriles is 1. The van der Waals surface area contributed by atoms with Crippen molar-refractivity contribution < 1.29 is 4.79 Å². The predicted octanol–water partition coefficient (Wildman–Crippen LogP) is 3.30. The monoisotopic (exact) mass is 305 g/mol. The summed E-state index contributed by atoms with van der Waals surface area (Å²) in [6, 6.07) is 17.8. The number of amides is 2. The van der Waals surface area contributed by atoms with Gasteiger partial charge in [-0.1, -0.05) is 42.5 Å². The molecule has 4 heteroatoms. The first-order valence-corrected chi connectivity index (χ1v) is 7.75. The van der Waals surface area contributed by atoms with E-state index in [0.29, 0.717) is 25.2 Å². The topological polar surface area (TPSA) is 47.3 Å². The Kier molecular flexibility index (Phi) is 4.29. The molecule has 0 spiro atoms. The number of rotatable bonds is 4. The van der Waals surface area contributed by atoms with Crippen LogP contribution in [0.5, 0.6) is 0 Å². The minimum Gasteiger partial charge on any atom is -0.319 e. The van der Waals surface area contributed by atoms with E-state index in [9.17, 15) is 10.1 Å². The first-order valence-electron chi connectivity index (χ1n) is 7.75. The zero-order chi connectivity index (χ0) is 16.2. The standard InChI is InChI=1S/C19H19N3O/c1-15-6-2-3-8-17(15)13-21-10-11-22(19(21)23)14-18-9-5-4-7-16(18)12-20/h2-9H,10-11,13-14H2,1H3. The number of carbonyl (C=O) groups is 1. The van der Waals surface area contributed by atoms with Crippen LogP contribution in [-0.2, 0) is 13.1 Å². The van der Waals surface area contributed by atoms with Gasteiger partial charge in [0.15, 0.2) is 0 Å². The Bertz CT molecular complexity index is 763. The molecule has 2 aromatic carbocycles. The minimum atomic E-state index is 0.0426. The lowest BCUT2D eigenvalue weighted by molar-refractivity contribution is 0.188. The highest BCUT2D eigenvalue weighted by molar-refractivity contribution is 5.76. The van der Waals surface area contributed by atoms with Crippen molar-refractivity contribution in [3.05, 3.63) is 70.8 Å². The van der Waals surface area contributed by atoms with Gasteiger partial charge in [0.05, 0.1) is 11.6 Å². The molecule has 3 rings (SSSR count). The van der Waals surface area contributed by atoms with Crippen LogP contribution in [0.25, 0.3) is 0 Å². The summed E-state index contributed by atoms with van der Waals surface area (Å²) in [5, 5.41) is 9.17. The summed E-state index contributed by atoms with van der Waals surface area (Å²) < 4.78 is 0. The predicted molar refractivity (Wildman–Crippen MR) is 88.6 cm³/mol. The zero-order valence-electron chi connectivity index (χ0n) is 13.2. The van der Waals surface area contributed by atoms with Gasteiger partial charge < -0.3 is 9.80 Å². The van der Waals surface area contributed by atoms with Crippen molar-refractivity contribution in [2.75, 3.05) is 13.1 Å². The largest absolute Gasteiger partial charge is 0.320 e. The quantitative estimate of drug-likeness (QED) is 0.870. The molecule has 1 heterocycles. The molecule has 116 valence electrons. The number of nitrogens with zero attached hydrogens (tertiary/aromatic N) is 3. The molecule has 2 amide bonds. The Balaban J connectivity index is 1.70. The number of benzene rings is 2. The van der Waals surface area contributed by atoms with E-state index in [0.717, 1.165) is 12.1 Å². The highest BCUT2D eigenvalue weighted by atomic mass is 16.2. The first kappa shape index (κ1) is 15.1. The lowest BCUT2D eigenvalue weighted by atomic mass is 10.1. The molecular weight excluding hydrogens is 286 g/mol. The third-order valence-corrected chi connectivity index (χ3v) is 4.30. The van der Waals surface area contributed by atoms with Gasteiger partial charge in [-0.15, -0.1) is 0 Å². The van der Waals surface area contributed by atoms with Crippen molar-refractivity contribution in [1.82, 2.24) is 9.80 Å². The molecule has 1 fully saturated rings. The summed E-state index contributed by atoms with van der Waals surface area (Å²) in [4.78, 5) is 16.3. The van der Waals surface area contributed by atoms with Crippen LogP contribution in [0.4, 0.5) is 4.79 Å². The Hall–Kier alpha value is -2.80. The molecule has 0 aliphatic carbocycles. The van der Waals surface area contributed by atoms with Crippen LogP contribution >= 0.6 is 0 Å². The smallest absolute Gasteiger partial charge is 0.319 e. The van der Waals surface area contributed by atoms with E-state index in [-0.39, 0.29) is 6.03 Å². The molecule has 0 unspecified atom stereocenters. The molecule has 1 aliphatic heterocycles. The summed E-state index contributed by atoms with van der Waals surface area (Å²) in [5.41, 5.74) is 3.92. The molecular formula is C19H19N3O. The summed E-state index contributed by atoms with van der Waals surface area (Å²) >= 11 is 0. The molecule has 1 aliphatic rings. The molecule has 0 aromatic heterocycles. The molecule has 0 atom stereocenters. The number of hydrogen-bond acceptors (Lipinski definition) is 2. The van der Waals surface area contributed by atoms with Gasteiger partial charge >= 0.3 is 6.03 Å².